The summed E-state index contributed by atoms with van der Waals surface area (Å²) in [5.74, 6) is 2.35. The van der Waals surface area contributed by atoms with Gasteiger partial charge in [0, 0.05) is 39.8 Å². The first-order valence-corrected chi connectivity index (χ1v) is 10.1. The Hall–Kier alpha value is -1.26. The minimum atomic E-state index is 0. The molecule has 1 saturated heterocycles. The van der Waals surface area contributed by atoms with Crippen LogP contribution in [0, 0.1) is 0 Å². The van der Waals surface area contributed by atoms with E-state index in [1.54, 1.807) is 21.3 Å². The molecule has 2 atom stereocenters. The first-order valence-electron chi connectivity index (χ1n) is 10.1. The van der Waals surface area contributed by atoms with E-state index in [1.807, 2.05) is 12.1 Å². The maximum absolute atomic E-state index is 5.79. The molecule has 0 radical (unpaired) electrons. The number of nitrogens with zero attached hydrogens (tertiary/aromatic N) is 2. The monoisotopic (exact) mass is 520 g/mol. The molecule has 2 N–H and O–H groups in total. The van der Waals surface area contributed by atoms with Gasteiger partial charge in [-0.3, -0.25) is 9.89 Å². The summed E-state index contributed by atoms with van der Waals surface area (Å²) >= 11 is 0. The number of ether oxygens (including phenoxy) is 3. The summed E-state index contributed by atoms with van der Waals surface area (Å²) in [6, 6.07) is 6.01. The summed E-state index contributed by atoms with van der Waals surface area (Å²) in [7, 11) is 5.11. The number of methoxy groups -OCH3 is 2. The van der Waals surface area contributed by atoms with Crippen molar-refractivity contribution in [2.45, 2.75) is 38.9 Å². The lowest BCUT2D eigenvalue weighted by atomic mass is 10.1. The van der Waals surface area contributed by atoms with Crippen molar-refractivity contribution >= 4 is 29.9 Å². The predicted molar refractivity (Wildman–Crippen MR) is 129 cm³/mol. The smallest absolute Gasteiger partial charge is 0.190 e. The third-order valence-electron chi connectivity index (χ3n) is 4.82. The molecule has 1 heterocycles. The second kappa shape index (κ2) is 13.9. The van der Waals surface area contributed by atoms with E-state index in [4.69, 9.17) is 14.2 Å². The molecule has 0 saturated carbocycles. The number of hydrogen-bond donors (Lipinski definition) is 2. The Kier molecular flexibility index (Phi) is 12.3. The molecule has 8 heteroatoms. The molecule has 0 spiro atoms. The number of nitrogens with one attached hydrogen (secondary N) is 2. The summed E-state index contributed by atoms with van der Waals surface area (Å²) in [5, 5.41) is 6.76. The fraction of sp³-hybridized carbons (Fsp3) is 0.667. The van der Waals surface area contributed by atoms with Crippen molar-refractivity contribution in [1.29, 1.82) is 0 Å². The zero-order valence-electron chi connectivity index (χ0n) is 18.4. The fourth-order valence-corrected chi connectivity index (χ4v) is 3.56. The van der Waals surface area contributed by atoms with Crippen molar-refractivity contribution in [2.75, 3.05) is 54.0 Å². The zero-order chi connectivity index (χ0) is 20.4. The van der Waals surface area contributed by atoms with Crippen molar-refractivity contribution < 1.29 is 14.2 Å². The van der Waals surface area contributed by atoms with Gasteiger partial charge in [-0.1, -0.05) is 6.07 Å². The van der Waals surface area contributed by atoms with E-state index in [0.717, 1.165) is 63.0 Å². The maximum Gasteiger partial charge on any atom is 0.190 e. The summed E-state index contributed by atoms with van der Waals surface area (Å²) in [6.45, 7) is 9.10. The van der Waals surface area contributed by atoms with Crippen molar-refractivity contribution in [3.8, 4) is 11.5 Å². The second-order valence-corrected chi connectivity index (χ2v) is 7.24. The van der Waals surface area contributed by atoms with E-state index in [9.17, 15) is 0 Å². The number of guanidine groups is 1. The number of hydrogen-bond acceptors (Lipinski definition) is 5. The van der Waals surface area contributed by atoms with Crippen LogP contribution in [0.25, 0.3) is 0 Å². The standard InChI is InChI=1S/C21H36N4O3.HI/c1-16-14-25(15-17(2)28-16)12-6-10-23-21(22-3)24-11-9-18-7-8-19(26-4)20(13-18)27-5;/h7-8,13,16-17H,6,9-12,14-15H2,1-5H3,(H2,22,23,24);1H. The Morgan fingerprint density at radius 3 is 2.38 bits per heavy atom. The van der Waals surface area contributed by atoms with Crippen molar-refractivity contribution in [1.82, 2.24) is 15.5 Å². The van der Waals surface area contributed by atoms with Crippen LogP contribution in [0.3, 0.4) is 0 Å². The van der Waals surface area contributed by atoms with Gasteiger partial charge >= 0.3 is 0 Å². The first kappa shape index (κ1) is 25.8. The SMILES string of the molecule is CN=C(NCCCN1CC(C)OC(C)C1)NCCc1ccc(OC)c(OC)c1.I. The van der Waals surface area contributed by atoms with E-state index in [1.165, 1.54) is 5.56 Å². The van der Waals surface area contributed by atoms with E-state index in [-0.39, 0.29) is 24.0 Å². The molecule has 1 aromatic rings. The molecular formula is C21H37IN4O3. The molecule has 1 fully saturated rings. The molecule has 0 amide bonds. The third kappa shape index (κ3) is 8.96. The predicted octanol–water partition coefficient (Wildman–Crippen LogP) is 2.53. The van der Waals surface area contributed by atoms with E-state index < -0.39 is 0 Å². The van der Waals surface area contributed by atoms with E-state index in [0.29, 0.717) is 12.2 Å². The molecule has 7 nitrogen and oxygen atoms in total. The number of aliphatic imine (C=N–C) groups is 1. The van der Waals surface area contributed by atoms with Gasteiger partial charge < -0.3 is 24.8 Å². The summed E-state index contributed by atoms with van der Waals surface area (Å²) < 4.78 is 16.4. The Morgan fingerprint density at radius 1 is 1.10 bits per heavy atom. The summed E-state index contributed by atoms with van der Waals surface area (Å²) in [5.41, 5.74) is 1.19. The lowest BCUT2D eigenvalue weighted by molar-refractivity contribution is -0.0679. The topological polar surface area (TPSA) is 67.4 Å². The molecule has 1 aliphatic heterocycles. The van der Waals surface area contributed by atoms with Crippen LogP contribution < -0.4 is 20.1 Å². The van der Waals surface area contributed by atoms with Crippen LogP contribution in [0.2, 0.25) is 0 Å². The number of halogens is 1. The van der Waals surface area contributed by atoms with Gasteiger partial charge in [0.1, 0.15) is 0 Å². The molecule has 2 unspecified atom stereocenters. The van der Waals surface area contributed by atoms with Gasteiger partial charge in [-0.2, -0.15) is 0 Å². The Morgan fingerprint density at radius 2 is 1.76 bits per heavy atom. The van der Waals surface area contributed by atoms with Crippen LogP contribution in [0.15, 0.2) is 23.2 Å². The highest BCUT2D eigenvalue weighted by Crippen LogP contribution is 2.27. The molecule has 1 aliphatic rings. The Balaban J connectivity index is 0.00000420. The fourth-order valence-electron chi connectivity index (χ4n) is 3.56. The van der Waals surface area contributed by atoms with Gasteiger partial charge in [0.05, 0.1) is 26.4 Å². The minimum Gasteiger partial charge on any atom is -0.493 e. The minimum absolute atomic E-state index is 0. The van der Waals surface area contributed by atoms with Gasteiger partial charge in [0.25, 0.3) is 0 Å². The van der Waals surface area contributed by atoms with Crippen LogP contribution in [-0.2, 0) is 11.2 Å². The van der Waals surface area contributed by atoms with Crippen LogP contribution in [0.5, 0.6) is 11.5 Å². The lowest BCUT2D eigenvalue weighted by Gasteiger charge is -2.35. The molecule has 0 bridgehead atoms. The summed E-state index contributed by atoms with van der Waals surface area (Å²) in [4.78, 5) is 6.78. The molecular weight excluding hydrogens is 483 g/mol. The van der Waals surface area contributed by atoms with E-state index >= 15 is 0 Å². The number of rotatable bonds is 9. The van der Waals surface area contributed by atoms with Gasteiger partial charge in [0.2, 0.25) is 0 Å². The van der Waals surface area contributed by atoms with Crippen LogP contribution in [0.4, 0.5) is 0 Å². The van der Waals surface area contributed by atoms with Crippen LogP contribution >= 0.6 is 24.0 Å². The number of morpholine rings is 1. The molecule has 0 aliphatic carbocycles. The highest BCUT2D eigenvalue weighted by Gasteiger charge is 2.21. The molecule has 1 aromatic carbocycles. The van der Waals surface area contributed by atoms with Crippen LogP contribution in [-0.4, -0.2) is 77.1 Å². The molecule has 166 valence electrons. The Labute approximate surface area is 192 Å². The van der Waals surface area contributed by atoms with Crippen LogP contribution in [0.1, 0.15) is 25.8 Å². The number of benzene rings is 1. The van der Waals surface area contributed by atoms with Crippen molar-refractivity contribution in [3.05, 3.63) is 23.8 Å². The highest BCUT2D eigenvalue weighted by molar-refractivity contribution is 14.0. The van der Waals surface area contributed by atoms with Gasteiger partial charge in [-0.25, -0.2) is 0 Å². The maximum atomic E-state index is 5.79. The van der Waals surface area contributed by atoms with Gasteiger partial charge in [-0.05, 0) is 44.4 Å². The van der Waals surface area contributed by atoms with Gasteiger partial charge in [0.15, 0.2) is 17.5 Å². The Bertz CT molecular complexity index is 620. The van der Waals surface area contributed by atoms with Crippen molar-refractivity contribution in [3.63, 3.8) is 0 Å². The third-order valence-corrected chi connectivity index (χ3v) is 4.82. The zero-order valence-corrected chi connectivity index (χ0v) is 20.7. The molecule has 0 aromatic heterocycles. The normalized spacial score (nSPS) is 20.0. The van der Waals surface area contributed by atoms with E-state index in [2.05, 4.69) is 40.4 Å². The summed E-state index contributed by atoms with van der Waals surface area (Å²) in [6.07, 6.45) is 2.60. The largest absolute Gasteiger partial charge is 0.493 e. The quantitative estimate of drug-likeness (QED) is 0.226. The highest BCUT2D eigenvalue weighted by atomic mass is 127. The molecule has 2 rings (SSSR count). The lowest BCUT2D eigenvalue weighted by Crippen LogP contribution is -2.46. The average molecular weight is 520 g/mol. The average Bonchev–Trinajstić information content (AvgIpc) is 2.68. The van der Waals surface area contributed by atoms with Gasteiger partial charge in [-0.15, -0.1) is 24.0 Å². The molecule has 29 heavy (non-hydrogen) atoms. The first-order chi connectivity index (χ1) is 13.5. The second-order valence-electron chi connectivity index (χ2n) is 7.24. The van der Waals surface area contributed by atoms with Crippen molar-refractivity contribution in [2.24, 2.45) is 4.99 Å².